The molecule has 0 spiro atoms. The normalized spacial score (nSPS) is 12.7. The van der Waals surface area contributed by atoms with Crippen LogP contribution < -0.4 is 0 Å². The van der Waals surface area contributed by atoms with Crippen molar-refractivity contribution in [3.63, 3.8) is 0 Å². The van der Waals surface area contributed by atoms with Crippen molar-refractivity contribution in [1.29, 1.82) is 0 Å². The third-order valence-electron chi connectivity index (χ3n) is 1.94. The Morgan fingerprint density at radius 2 is 2.07 bits per heavy atom. The van der Waals surface area contributed by atoms with E-state index >= 15 is 0 Å². The van der Waals surface area contributed by atoms with Gasteiger partial charge in [-0.25, -0.2) is 0 Å². The van der Waals surface area contributed by atoms with Crippen LogP contribution in [0.3, 0.4) is 0 Å². The van der Waals surface area contributed by atoms with Crippen LogP contribution in [0.15, 0.2) is 30.3 Å². The van der Waals surface area contributed by atoms with Gasteiger partial charge in [0.1, 0.15) is 0 Å². The van der Waals surface area contributed by atoms with E-state index in [9.17, 15) is 5.11 Å². The van der Waals surface area contributed by atoms with E-state index in [1.54, 1.807) is 11.8 Å². The van der Waals surface area contributed by atoms with Crippen LogP contribution in [0.2, 0.25) is 0 Å². The highest BCUT2D eigenvalue weighted by atomic mass is 32.2. The van der Waals surface area contributed by atoms with Gasteiger partial charge in [-0.3, -0.25) is 0 Å². The summed E-state index contributed by atoms with van der Waals surface area (Å²) in [5.74, 6) is 1.68. The lowest BCUT2D eigenvalue weighted by Crippen LogP contribution is -2.17. The smallest absolute Gasteiger partial charge is 0.0863 e. The van der Waals surface area contributed by atoms with E-state index in [-0.39, 0.29) is 6.10 Å². The summed E-state index contributed by atoms with van der Waals surface area (Å²) in [5.41, 5.74) is 1.30. The summed E-state index contributed by atoms with van der Waals surface area (Å²) in [6.07, 6.45) is -0.348. The molecule has 15 heavy (non-hydrogen) atoms. The van der Waals surface area contributed by atoms with E-state index in [2.05, 4.69) is 12.1 Å². The first-order valence-corrected chi connectivity index (χ1v) is 6.36. The largest absolute Gasteiger partial charge is 0.390 e. The predicted molar refractivity (Wildman–Crippen MR) is 65.1 cm³/mol. The van der Waals surface area contributed by atoms with Crippen LogP contribution in [0.25, 0.3) is 0 Å². The lowest BCUT2D eigenvalue weighted by molar-refractivity contribution is 0.0551. The molecule has 0 aliphatic rings. The molecule has 0 amide bonds. The summed E-state index contributed by atoms with van der Waals surface area (Å²) in [6.45, 7) is 3.04. The van der Waals surface area contributed by atoms with Crippen LogP contribution in [-0.2, 0) is 10.5 Å². The minimum Gasteiger partial charge on any atom is -0.390 e. The Labute approximate surface area is 95.7 Å². The van der Waals surface area contributed by atoms with E-state index in [0.29, 0.717) is 13.2 Å². The van der Waals surface area contributed by atoms with Gasteiger partial charge in [0.15, 0.2) is 0 Å². The fraction of sp³-hybridized carbons (Fsp3) is 0.500. The molecule has 1 aromatic carbocycles. The second-order valence-corrected chi connectivity index (χ2v) is 4.34. The lowest BCUT2D eigenvalue weighted by atomic mass is 10.2. The molecule has 2 nitrogen and oxygen atoms in total. The maximum absolute atomic E-state index is 9.51. The van der Waals surface area contributed by atoms with Gasteiger partial charge in [0.05, 0.1) is 12.7 Å². The van der Waals surface area contributed by atoms with E-state index in [1.165, 1.54) is 5.56 Å². The van der Waals surface area contributed by atoms with Crippen molar-refractivity contribution in [2.75, 3.05) is 19.0 Å². The zero-order valence-electron chi connectivity index (χ0n) is 9.06. The maximum atomic E-state index is 9.51. The molecule has 0 fully saturated rings. The Balaban J connectivity index is 2.11. The quantitative estimate of drug-likeness (QED) is 0.773. The topological polar surface area (TPSA) is 29.5 Å². The predicted octanol–water partition coefficient (Wildman–Crippen LogP) is 2.32. The minimum atomic E-state index is -0.348. The number of aliphatic hydroxyl groups is 1. The van der Waals surface area contributed by atoms with Crippen LogP contribution in [0, 0.1) is 0 Å². The van der Waals surface area contributed by atoms with Crippen molar-refractivity contribution >= 4 is 11.8 Å². The van der Waals surface area contributed by atoms with Crippen LogP contribution in [0.5, 0.6) is 0 Å². The average Bonchev–Trinajstić information content (AvgIpc) is 2.28. The van der Waals surface area contributed by atoms with Gasteiger partial charge in [0.25, 0.3) is 0 Å². The molecule has 0 aliphatic heterocycles. The van der Waals surface area contributed by atoms with E-state index in [4.69, 9.17) is 4.74 Å². The van der Waals surface area contributed by atoms with Gasteiger partial charge < -0.3 is 9.84 Å². The monoisotopic (exact) mass is 226 g/mol. The number of thioether (sulfide) groups is 1. The van der Waals surface area contributed by atoms with Crippen molar-refractivity contribution in [3.8, 4) is 0 Å². The van der Waals surface area contributed by atoms with Crippen LogP contribution in [0.4, 0.5) is 0 Å². The molecule has 84 valence electrons. The molecular weight excluding hydrogens is 208 g/mol. The summed E-state index contributed by atoms with van der Waals surface area (Å²) >= 11 is 1.73. The number of hydrogen-bond acceptors (Lipinski definition) is 3. The molecule has 0 aliphatic carbocycles. The Morgan fingerprint density at radius 1 is 1.33 bits per heavy atom. The van der Waals surface area contributed by atoms with Gasteiger partial charge in [0, 0.05) is 18.1 Å². The lowest BCUT2D eigenvalue weighted by Gasteiger charge is -2.09. The second-order valence-electron chi connectivity index (χ2n) is 3.31. The molecule has 0 bridgehead atoms. The van der Waals surface area contributed by atoms with Crippen molar-refractivity contribution in [2.24, 2.45) is 0 Å². The summed E-state index contributed by atoms with van der Waals surface area (Å²) < 4.78 is 5.13. The number of ether oxygens (including phenoxy) is 1. The van der Waals surface area contributed by atoms with E-state index in [1.807, 2.05) is 25.1 Å². The van der Waals surface area contributed by atoms with E-state index in [0.717, 1.165) is 11.5 Å². The highest BCUT2D eigenvalue weighted by Crippen LogP contribution is 2.12. The molecule has 0 saturated carbocycles. The number of benzene rings is 1. The first-order chi connectivity index (χ1) is 7.33. The molecule has 1 rings (SSSR count). The number of aliphatic hydroxyl groups excluding tert-OH is 1. The SMILES string of the molecule is CCOC[C@H](O)CSCc1ccccc1. The Kier molecular flexibility index (Phi) is 6.48. The molecule has 0 heterocycles. The van der Waals surface area contributed by atoms with Gasteiger partial charge >= 0.3 is 0 Å². The zero-order valence-corrected chi connectivity index (χ0v) is 9.87. The average molecular weight is 226 g/mol. The van der Waals surface area contributed by atoms with Gasteiger partial charge in [-0.1, -0.05) is 30.3 Å². The molecule has 0 aromatic heterocycles. The van der Waals surface area contributed by atoms with Crippen molar-refractivity contribution in [2.45, 2.75) is 18.8 Å². The van der Waals surface area contributed by atoms with Crippen LogP contribution in [0.1, 0.15) is 12.5 Å². The molecule has 0 unspecified atom stereocenters. The Bertz CT molecular complexity index is 251. The molecule has 1 N–H and O–H groups in total. The summed E-state index contributed by atoms with van der Waals surface area (Å²) in [7, 11) is 0. The minimum absolute atomic E-state index is 0.348. The van der Waals surface area contributed by atoms with Gasteiger partial charge in [0.2, 0.25) is 0 Å². The fourth-order valence-electron chi connectivity index (χ4n) is 1.19. The number of rotatable bonds is 7. The number of hydrogen-bond donors (Lipinski definition) is 1. The molecule has 3 heteroatoms. The van der Waals surface area contributed by atoms with Crippen molar-refractivity contribution in [1.82, 2.24) is 0 Å². The van der Waals surface area contributed by atoms with Gasteiger partial charge in [-0.05, 0) is 12.5 Å². The maximum Gasteiger partial charge on any atom is 0.0863 e. The molecule has 0 radical (unpaired) electrons. The van der Waals surface area contributed by atoms with Gasteiger partial charge in [-0.2, -0.15) is 11.8 Å². The highest BCUT2D eigenvalue weighted by molar-refractivity contribution is 7.98. The molecule has 0 saturated heterocycles. The molecule has 1 aromatic rings. The Hall–Kier alpha value is -0.510. The first kappa shape index (κ1) is 12.6. The standard InChI is InChI=1S/C12H18O2S/c1-2-14-8-12(13)10-15-9-11-6-4-3-5-7-11/h3-7,12-13H,2,8-10H2,1H3/t12-/m0/s1. The summed E-state index contributed by atoms with van der Waals surface area (Å²) in [4.78, 5) is 0. The first-order valence-electron chi connectivity index (χ1n) is 5.20. The fourth-order valence-corrected chi connectivity index (χ4v) is 2.10. The Morgan fingerprint density at radius 3 is 2.73 bits per heavy atom. The molecule has 1 atom stereocenters. The van der Waals surface area contributed by atoms with E-state index < -0.39 is 0 Å². The van der Waals surface area contributed by atoms with Crippen molar-refractivity contribution in [3.05, 3.63) is 35.9 Å². The van der Waals surface area contributed by atoms with Crippen LogP contribution >= 0.6 is 11.8 Å². The zero-order chi connectivity index (χ0) is 10.9. The van der Waals surface area contributed by atoms with Gasteiger partial charge in [-0.15, -0.1) is 0 Å². The summed E-state index contributed by atoms with van der Waals surface area (Å²) in [6, 6.07) is 10.3. The second kappa shape index (κ2) is 7.74. The third kappa shape index (κ3) is 5.82. The molecular formula is C12H18O2S. The van der Waals surface area contributed by atoms with Crippen LogP contribution in [-0.4, -0.2) is 30.2 Å². The third-order valence-corrected chi connectivity index (χ3v) is 3.09. The van der Waals surface area contributed by atoms with Crippen molar-refractivity contribution < 1.29 is 9.84 Å². The summed E-state index contributed by atoms with van der Waals surface area (Å²) in [5, 5.41) is 9.51. The highest BCUT2D eigenvalue weighted by Gasteiger charge is 2.03.